The van der Waals surface area contributed by atoms with E-state index in [0.717, 1.165) is 0 Å². The summed E-state index contributed by atoms with van der Waals surface area (Å²) in [4.78, 5) is 11.8. The molecule has 8 heteroatoms. The molecule has 0 saturated heterocycles. The molecule has 0 aliphatic carbocycles. The number of sulfonamides is 1. The summed E-state index contributed by atoms with van der Waals surface area (Å²) in [7, 11) is -3.80. The highest BCUT2D eigenvalue weighted by atomic mass is 79.9. The number of hydrogen-bond acceptors (Lipinski definition) is 4. The van der Waals surface area contributed by atoms with Gasteiger partial charge in [-0.25, -0.2) is 13.6 Å². The normalized spacial score (nSPS) is 11.3. The molecule has 0 fully saturated rings. The molecule has 1 aromatic carbocycles. The molecule has 0 radical (unpaired) electrons. The molecule has 3 N–H and O–H groups in total. The zero-order chi connectivity index (χ0) is 14.0. The lowest BCUT2D eigenvalue weighted by Crippen LogP contribution is -2.14. The van der Waals surface area contributed by atoms with Crippen LogP contribution >= 0.6 is 15.9 Å². The van der Waals surface area contributed by atoms with Crippen molar-refractivity contribution in [2.75, 3.05) is 5.32 Å². The third-order valence-corrected chi connectivity index (χ3v) is 3.81. The van der Waals surface area contributed by atoms with E-state index in [4.69, 9.17) is 9.56 Å². The zero-order valence-electron chi connectivity index (χ0n) is 9.46. The van der Waals surface area contributed by atoms with Crippen LogP contribution in [0.1, 0.15) is 10.4 Å². The molecule has 0 unspecified atom stereocenters. The Kier molecular flexibility index (Phi) is 3.74. The van der Waals surface area contributed by atoms with E-state index in [0.29, 0.717) is 15.9 Å². The van der Waals surface area contributed by atoms with Crippen molar-refractivity contribution in [3.05, 3.63) is 46.8 Å². The highest BCUT2D eigenvalue weighted by Crippen LogP contribution is 2.20. The van der Waals surface area contributed by atoms with E-state index in [9.17, 15) is 13.2 Å². The Balaban J connectivity index is 2.25. The quantitative estimate of drug-likeness (QED) is 0.887. The van der Waals surface area contributed by atoms with Crippen LogP contribution in [0.3, 0.4) is 0 Å². The summed E-state index contributed by atoms with van der Waals surface area (Å²) in [5.41, 5.74) is 0.630. The molecule has 0 saturated carbocycles. The number of carbonyl (C=O) groups is 1. The van der Waals surface area contributed by atoms with E-state index in [1.165, 1.54) is 30.5 Å². The highest BCUT2D eigenvalue weighted by molar-refractivity contribution is 9.10. The van der Waals surface area contributed by atoms with Gasteiger partial charge in [0.05, 0.1) is 16.7 Å². The number of amides is 1. The Labute approximate surface area is 117 Å². The van der Waals surface area contributed by atoms with Crippen molar-refractivity contribution in [1.29, 1.82) is 0 Å². The van der Waals surface area contributed by atoms with Crippen LogP contribution < -0.4 is 10.5 Å². The Hall–Kier alpha value is -1.64. The van der Waals surface area contributed by atoms with Crippen molar-refractivity contribution >= 4 is 37.5 Å². The molecule has 1 heterocycles. The molecule has 2 rings (SSSR count). The van der Waals surface area contributed by atoms with Gasteiger partial charge in [-0.15, -0.1) is 0 Å². The number of nitrogens with one attached hydrogen (secondary N) is 1. The average molecular weight is 345 g/mol. The minimum atomic E-state index is -3.80. The van der Waals surface area contributed by atoms with Gasteiger partial charge in [-0.1, -0.05) is 6.07 Å². The predicted molar refractivity (Wildman–Crippen MR) is 72.2 cm³/mol. The lowest BCUT2D eigenvalue weighted by Gasteiger charge is -2.05. The molecule has 0 aliphatic rings. The van der Waals surface area contributed by atoms with Gasteiger partial charge in [0.1, 0.15) is 0 Å². The summed E-state index contributed by atoms with van der Waals surface area (Å²) in [5.74, 6) is -0.424. The maximum atomic E-state index is 11.9. The summed E-state index contributed by atoms with van der Waals surface area (Å²) in [6, 6.07) is 7.16. The second-order valence-electron chi connectivity index (χ2n) is 3.63. The summed E-state index contributed by atoms with van der Waals surface area (Å²) >= 11 is 3.08. The summed E-state index contributed by atoms with van der Waals surface area (Å²) in [6.45, 7) is 0. The van der Waals surface area contributed by atoms with E-state index in [-0.39, 0.29) is 4.90 Å². The fourth-order valence-corrected chi connectivity index (χ4v) is 2.38. The molecule has 19 heavy (non-hydrogen) atoms. The van der Waals surface area contributed by atoms with Crippen LogP contribution in [0, 0.1) is 0 Å². The smallest absolute Gasteiger partial charge is 0.260 e. The number of rotatable bonds is 3. The standard InChI is InChI=1S/C11H9BrN2O4S/c12-10-9(4-5-18-10)11(15)14-7-2-1-3-8(6-7)19(13,16)17/h1-6H,(H,14,15)(H2,13,16,17). The maximum Gasteiger partial charge on any atom is 0.260 e. The van der Waals surface area contributed by atoms with Gasteiger partial charge < -0.3 is 9.73 Å². The van der Waals surface area contributed by atoms with Crippen LogP contribution in [-0.2, 0) is 10.0 Å². The van der Waals surface area contributed by atoms with Crippen molar-refractivity contribution < 1.29 is 17.6 Å². The number of anilines is 1. The molecule has 2 aromatic rings. The van der Waals surface area contributed by atoms with E-state index in [1.807, 2.05) is 0 Å². The average Bonchev–Trinajstić information content (AvgIpc) is 2.75. The van der Waals surface area contributed by atoms with E-state index in [2.05, 4.69) is 21.2 Å². The number of halogens is 1. The molecule has 0 spiro atoms. The summed E-state index contributed by atoms with van der Waals surface area (Å²) in [5, 5.41) is 7.56. The van der Waals surface area contributed by atoms with Crippen molar-refractivity contribution in [2.24, 2.45) is 5.14 Å². The minimum absolute atomic E-state index is 0.0726. The lowest BCUT2D eigenvalue weighted by molar-refractivity contribution is 0.102. The third-order valence-electron chi connectivity index (χ3n) is 2.28. The molecule has 100 valence electrons. The summed E-state index contributed by atoms with van der Waals surface area (Å²) < 4.78 is 27.6. The van der Waals surface area contributed by atoms with Crippen LogP contribution in [0.25, 0.3) is 0 Å². The molecular formula is C11H9BrN2O4S. The van der Waals surface area contributed by atoms with Crippen molar-refractivity contribution in [1.82, 2.24) is 0 Å². The van der Waals surface area contributed by atoms with Gasteiger partial charge in [-0.3, -0.25) is 4.79 Å². The molecule has 1 amide bonds. The number of nitrogens with two attached hydrogens (primary N) is 1. The minimum Gasteiger partial charge on any atom is -0.457 e. The molecule has 0 bridgehead atoms. The van der Waals surface area contributed by atoms with Gasteiger partial charge in [-0.2, -0.15) is 0 Å². The second-order valence-corrected chi connectivity index (χ2v) is 5.92. The fourth-order valence-electron chi connectivity index (χ4n) is 1.41. The van der Waals surface area contributed by atoms with Gasteiger partial charge >= 0.3 is 0 Å². The molecule has 0 atom stereocenters. The Morgan fingerprint density at radius 3 is 2.63 bits per heavy atom. The molecule has 0 aliphatic heterocycles. The lowest BCUT2D eigenvalue weighted by atomic mass is 10.3. The second kappa shape index (κ2) is 5.16. The SMILES string of the molecule is NS(=O)(=O)c1cccc(NC(=O)c2ccoc2Br)c1. The first-order chi connectivity index (χ1) is 8.88. The van der Waals surface area contributed by atoms with Crippen molar-refractivity contribution in [3.63, 3.8) is 0 Å². The van der Waals surface area contributed by atoms with Gasteiger partial charge in [0.25, 0.3) is 5.91 Å². The maximum absolute atomic E-state index is 11.9. The van der Waals surface area contributed by atoms with Gasteiger partial charge in [0, 0.05) is 5.69 Å². The number of furan rings is 1. The summed E-state index contributed by atoms with van der Waals surface area (Å²) in [6.07, 6.45) is 1.36. The third kappa shape index (κ3) is 3.22. The first-order valence-electron chi connectivity index (χ1n) is 5.05. The highest BCUT2D eigenvalue weighted by Gasteiger charge is 2.14. The topological polar surface area (TPSA) is 102 Å². The van der Waals surface area contributed by atoms with Gasteiger partial charge in [-0.05, 0) is 40.2 Å². The molecular weight excluding hydrogens is 336 g/mol. The fraction of sp³-hybridized carbons (Fsp3) is 0. The van der Waals surface area contributed by atoms with Gasteiger partial charge in [0.15, 0.2) is 4.67 Å². The van der Waals surface area contributed by atoms with Gasteiger partial charge in [0.2, 0.25) is 10.0 Å². The molecule has 6 nitrogen and oxygen atoms in total. The molecule has 1 aromatic heterocycles. The van der Waals surface area contributed by atoms with E-state index < -0.39 is 15.9 Å². The number of carbonyl (C=O) groups excluding carboxylic acids is 1. The van der Waals surface area contributed by atoms with Crippen LogP contribution in [0.5, 0.6) is 0 Å². The number of benzene rings is 1. The largest absolute Gasteiger partial charge is 0.457 e. The predicted octanol–water partition coefficient (Wildman–Crippen LogP) is 1.94. The van der Waals surface area contributed by atoms with E-state index in [1.54, 1.807) is 6.07 Å². The zero-order valence-corrected chi connectivity index (χ0v) is 11.9. The van der Waals surface area contributed by atoms with Crippen molar-refractivity contribution in [3.8, 4) is 0 Å². The van der Waals surface area contributed by atoms with Crippen LogP contribution in [-0.4, -0.2) is 14.3 Å². The number of hydrogen-bond donors (Lipinski definition) is 2. The Bertz CT molecular complexity index is 724. The number of primary sulfonamides is 1. The van der Waals surface area contributed by atoms with Crippen LogP contribution in [0.15, 0.2) is 50.6 Å². The van der Waals surface area contributed by atoms with Crippen LogP contribution in [0.4, 0.5) is 5.69 Å². The Morgan fingerprint density at radius 1 is 1.32 bits per heavy atom. The monoisotopic (exact) mass is 344 g/mol. The van der Waals surface area contributed by atoms with E-state index >= 15 is 0 Å². The first-order valence-corrected chi connectivity index (χ1v) is 7.39. The Morgan fingerprint density at radius 2 is 2.05 bits per heavy atom. The van der Waals surface area contributed by atoms with Crippen molar-refractivity contribution in [2.45, 2.75) is 4.90 Å². The van der Waals surface area contributed by atoms with Crippen LogP contribution in [0.2, 0.25) is 0 Å². The first kappa shape index (κ1) is 13.8.